The summed E-state index contributed by atoms with van der Waals surface area (Å²) in [5, 5.41) is 0. The van der Waals surface area contributed by atoms with Crippen LogP contribution >= 0.6 is 0 Å². The van der Waals surface area contributed by atoms with Gasteiger partial charge in [0.15, 0.2) is 0 Å². The standard InChI is InChI=1S/C7H9N3O/c8-7-2-9-1-6(10-7)5-3-11-4-5/h1-2,5H,3-4H2,(H2,8,10). The highest BCUT2D eigenvalue weighted by molar-refractivity contribution is 5.25. The number of ether oxygens (including phenoxy) is 1. The highest BCUT2D eigenvalue weighted by Gasteiger charge is 2.21. The first-order chi connectivity index (χ1) is 5.36. The van der Waals surface area contributed by atoms with E-state index >= 15 is 0 Å². The quantitative estimate of drug-likeness (QED) is 0.621. The average Bonchev–Trinajstić information content (AvgIpc) is 1.83. The molecule has 0 unspecified atom stereocenters. The number of nitrogens with zero attached hydrogens (tertiary/aromatic N) is 2. The molecule has 2 rings (SSSR count). The van der Waals surface area contributed by atoms with Crippen LogP contribution in [0.2, 0.25) is 0 Å². The minimum Gasteiger partial charge on any atom is -0.382 e. The van der Waals surface area contributed by atoms with E-state index in [-0.39, 0.29) is 0 Å². The van der Waals surface area contributed by atoms with Crippen molar-refractivity contribution in [3.8, 4) is 0 Å². The zero-order chi connectivity index (χ0) is 7.68. The van der Waals surface area contributed by atoms with Crippen LogP contribution in [-0.2, 0) is 4.74 Å². The summed E-state index contributed by atoms with van der Waals surface area (Å²) >= 11 is 0. The van der Waals surface area contributed by atoms with Crippen molar-refractivity contribution in [3.05, 3.63) is 18.1 Å². The summed E-state index contributed by atoms with van der Waals surface area (Å²) < 4.78 is 5.02. The van der Waals surface area contributed by atoms with Crippen LogP contribution in [0.1, 0.15) is 11.6 Å². The third kappa shape index (κ3) is 1.17. The molecule has 1 aliphatic rings. The minimum atomic E-state index is 0.408. The molecule has 0 bridgehead atoms. The highest BCUT2D eigenvalue weighted by atomic mass is 16.5. The SMILES string of the molecule is Nc1cncc(C2COC2)n1. The molecule has 1 aliphatic heterocycles. The minimum absolute atomic E-state index is 0.408. The lowest BCUT2D eigenvalue weighted by Gasteiger charge is -2.24. The van der Waals surface area contributed by atoms with Gasteiger partial charge >= 0.3 is 0 Å². The zero-order valence-electron chi connectivity index (χ0n) is 6.03. The average molecular weight is 151 g/mol. The van der Waals surface area contributed by atoms with E-state index in [9.17, 15) is 0 Å². The number of nitrogen functional groups attached to an aromatic ring is 1. The molecule has 1 saturated heterocycles. The third-order valence-corrected chi connectivity index (χ3v) is 1.73. The predicted molar refractivity (Wildman–Crippen MR) is 40.0 cm³/mol. The Bertz CT molecular complexity index is 260. The van der Waals surface area contributed by atoms with E-state index in [0.717, 1.165) is 18.9 Å². The normalized spacial score (nSPS) is 17.8. The predicted octanol–water partition coefficient (Wildman–Crippen LogP) is 0.173. The van der Waals surface area contributed by atoms with E-state index in [2.05, 4.69) is 9.97 Å². The smallest absolute Gasteiger partial charge is 0.142 e. The van der Waals surface area contributed by atoms with E-state index in [1.165, 1.54) is 0 Å². The van der Waals surface area contributed by atoms with Crippen molar-refractivity contribution in [2.24, 2.45) is 0 Å². The molecule has 4 heteroatoms. The molecule has 0 spiro atoms. The van der Waals surface area contributed by atoms with Crippen LogP contribution < -0.4 is 5.73 Å². The number of aromatic nitrogens is 2. The largest absolute Gasteiger partial charge is 0.382 e. The number of hydrogen-bond donors (Lipinski definition) is 1. The zero-order valence-corrected chi connectivity index (χ0v) is 6.03. The summed E-state index contributed by atoms with van der Waals surface area (Å²) in [7, 11) is 0. The number of anilines is 1. The topological polar surface area (TPSA) is 61.0 Å². The molecule has 4 nitrogen and oxygen atoms in total. The summed E-state index contributed by atoms with van der Waals surface area (Å²) in [6.07, 6.45) is 3.28. The molecule has 1 aromatic heterocycles. The van der Waals surface area contributed by atoms with Crippen LogP contribution in [-0.4, -0.2) is 23.2 Å². The van der Waals surface area contributed by atoms with E-state index in [4.69, 9.17) is 10.5 Å². The summed E-state index contributed by atoms with van der Waals surface area (Å²) in [5.41, 5.74) is 6.40. The molecular weight excluding hydrogens is 142 g/mol. The molecule has 0 radical (unpaired) electrons. The van der Waals surface area contributed by atoms with E-state index < -0.39 is 0 Å². The Morgan fingerprint density at radius 3 is 2.82 bits per heavy atom. The number of hydrogen-bond acceptors (Lipinski definition) is 4. The molecule has 0 aromatic carbocycles. The van der Waals surface area contributed by atoms with Gasteiger partial charge in [0.2, 0.25) is 0 Å². The maximum atomic E-state index is 5.46. The second kappa shape index (κ2) is 2.47. The molecule has 1 aromatic rings. The molecule has 1 fully saturated rings. The Labute approximate surface area is 64.4 Å². The first-order valence-corrected chi connectivity index (χ1v) is 3.51. The molecule has 2 N–H and O–H groups in total. The van der Waals surface area contributed by atoms with Crippen LogP contribution in [0.3, 0.4) is 0 Å². The maximum Gasteiger partial charge on any atom is 0.142 e. The fraction of sp³-hybridized carbons (Fsp3) is 0.429. The Morgan fingerprint density at radius 1 is 1.45 bits per heavy atom. The van der Waals surface area contributed by atoms with Crippen LogP contribution in [0, 0.1) is 0 Å². The molecule has 0 amide bonds. The number of rotatable bonds is 1. The summed E-state index contributed by atoms with van der Waals surface area (Å²) in [6, 6.07) is 0. The van der Waals surface area contributed by atoms with Crippen molar-refractivity contribution < 1.29 is 4.74 Å². The molecule has 2 heterocycles. The van der Waals surface area contributed by atoms with Crippen LogP contribution in [0.5, 0.6) is 0 Å². The van der Waals surface area contributed by atoms with Crippen LogP contribution in [0.15, 0.2) is 12.4 Å². The van der Waals surface area contributed by atoms with Gasteiger partial charge < -0.3 is 10.5 Å². The van der Waals surface area contributed by atoms with Gasteiger partial charge in [-0.3, -0.25) is 4.98 Å². The lowest BCUT2D eigenvalue weighted by atomic mass is 10.1. The Kier molecular flexibility index (Phi) is 1.47. The first kappa shape index (κ1) is 6.54. The summed E-state index contributed by atoms with van der Waals surface area (Å²) in [4.78, 5) is 8.07. The van der Waals surface area contributed by atoms with Gasteiger partial charge in [0, 0.05) is 12.1 Å². The van der Waals surface area contributed by atoms with Crippen molar-refractivity contribution in [3.63, 3.8) is 0 Å². The van der Waals surface area contributed by atoms with E-state index in [0.29, 0.717) is 11.7 Å². The Hall–Kier alpha value is -1.16. The Balaban J connectivity index is 2.23. The number of nitrogens with two attached hydrogens (primary N) is 1. The van der Waals surface area contributed by atoms with Crippen molar-refractivity contribution in [2.75, 3.05) is 18.9 Å². The second-order valence-corrected chi connectivity index (χ2v) is 2.60. The maximum absolute atomic E-state index is 5.46. The van der Waals surface area contributed by atoms with Crippen molar-refractivity contribution in [1.82, 2.24) is 9.97 Å². The van der Waals surface area contributed by atoms with E-state index in [1.54, 1.807) is 12.4 Å². The van der Waals surface area contributed by atoms with Gasteiger partial charge in [-0.1, -0.05) is 0 Å². The molecule has 58 valence electrons. The van der Waals surface area contributed by atoms with Gasteiger partial charge in [-0.05, 0) is 0 Å². The van der Waals surface area contributed by atoms with Crippen molar-refractivity contribution in [2.45, 2.75) is 5.92 Å². The van der Waals surface area contributed by atoms with Gasteiger partial charge in [0.25, 0.3) is 0 Å². The van der Waals surface area contributed by atoms with Crippen LogP contribution in [0.4, 0.5) is 5.82 Å². The molecule has 0 aliphatic carbocycles. The molecule has 0 atom stereocenters. The van der Waals surface area contributed by atoms with Crippen molar-refractivity contribution >= 4 is 5.82 Å². The molecule has 11 heavy (non-hydrogen) atoms. The third-order valence-electron chi connectivity index (χ3n) is 1.73. The van der Waals surface area contributed by atoms with E-state index in [1.807, 2.05) is 0 Å². The van der Waals surface area contributed by atoms with Gasteiger partial charge in [0.1, 0.15) is 5.82 Å². The summed E-state index contributed by atoms with van der Waals surface area (Å²) in [6.45, 7) is 1.50. The van der Waals surface area contributed by atoms with Gasteiger partial charge in [-0.15, -0.1) is 0 Å². The van der Waals surface area contributed by atoms with Gasteiger partial charge in [-0.2, -0.15) is 0 Å². The Morgan fingerprint density at radius 2 is 2.27 bits per heavy atom. The molecule has 0 saturated carbocycles. The van der Waals surface area contributed by atoms with Gasteiger partial charge in [0.05, 0.1) is 25.1 Å². The summed E-state index contributed by atoms with van der Waals surface area (Å²) in [5.74, 6) is 0.889. The first-order valence-electron chi connectivity index (χ1n) is 3.51. The fourth-order valence-corrected chi connectivity index (χ4v) is 1.000. The molecular formula is C7H9N3O. The lowest BCUT2D eigenvalue weighted by molar-refractivity contribution is 0.00662. The van der Waals surface area contributed by atoms with Crippen molar-refractivity contribution in [1.29, 1.82) is 0 Å². The monoisotopic (exact) mass is 151 g/mol. The van der Waals surface area contributed by atoms with Gasteiger partial charge in [-0.25, -0.2) is 4.98 Å². The highest BCUT2D eigenvalue weighted by Crippen LogP contribution is 2.21. The second-order valence-electron chi connectivity index (χ2n) is 2.60. The lowest BCUT2D eigenvalue weighted by Crippen LogP contribution is -2.26. The fourth-order valence-electron chi connectivity index (χ4n) is 1.000. The van der Waals surface area contributed by atoms with Crippen LogP contribution in [0.25, 0.3) is 0 Å².